The van der Waals surface area contributed by atoms with E-state index in [1.54, 1.807) is 12.1 Å². The lowest BCUT2D eigenvalue weighted by Gasteiger charge is -2.33. The summed E-state index contributed by atoms with van der Waals surface area (Å²) in [5.41, 5.74) is 2.23. The fourth-order valence-corrected chi connectivity index (χ4v) is 3.54. The predicted molar refractivity (Wildman–Crippen MR) is 107 cm³/mol. The van der Waals surface area contributed by atoms with E-state index < -0.39 is 0 Å². The minimum atomic E-state index is 0.00767. The summed E-state index contributed by atoms with van der Waals surface area (Å²) in [5, 5.41) is 12.5. The zero-order chi connectivity index (χ0) is 18.5. The Balaban J connectivity index is 1.45. The van der Waals surface area contributed by atoms with E-state index in [1.807, 2.05) is 43.3 Å². The lowest BCUT2D eigenvalue weighted by molar-refractivity contribution is -0.892. The van der Waals surface area contributed by atoms with E-state index in [4.69, 9.17) is 0 Å². The summed E-state index contributed by atoms with van der Waals surface area (Å²) in [6.45, 7) is 6.21. The summed E-state index contributed by atoms with van der Waals surface area (Å²) in [5.74, 6) is 0.378. The van der Waals surface area contributed by atoms with Crippen LogP contribution in [-0.2, 0) is 4.79 Å². The SMILES string of the molecule is C[C@@H](NC(=O)C[NH+]1CCN(c2ccc(O)cc2)CC1)c1ccc(Br)cc1. The number of nitrogens with one attached hydrogen (secondary N) is 2. The van der Waals surface area contributed by atoms with Gasteiger partial charge >= 0.3 is 0 Å². The molecule has 1 amide bonds. The Morgan fingerprint density at radius 1 is 1.15 bits per heavy atom. The van der Waals surface area contributed by atoms with Crippen molar-refractivity contribution >= 4 is 27.5 Å². The van der Waals surface area contributed by atoms with E-state index >= 15 is 0 Å². The number of piperazine rings is 1. The number of quaternary nitrogens is 1. The quantitative estimate of drug-likeness (QED) is 0.692. The van der Waals surface area contributed by atoms with Gasteiger partial charge in [-0.2, -0.15) is 0 Å². The van der Waals surface area contributed by atoms with Gasteiger partial charge in [-0.05, 0) is 48.9 Å². The van der Waals surface area contributed by atoms with Gasteiger partial charge in [-0.15, -0.1) is 0 Å². The molecule has 1 atom stereocenters. The van der Waals surface area contributed by atoms with Crippen molar-refractivity contribution in [3.05, 3.63) is 58.6 Å². The molecule has 0 spiro atoms. The van der Waals surface area contributed by atoms with Crippen LogP contribution >= 0.6 is 15.9 Å². The summed E-state index contributed by atoms with van der Waals surface area (Å²) in [4.78, 5) is 16.0. The second kappa shape index (κ2) is 8.56. The molecular formula is C20H25BrN3O2+. The highest BCUT2D eigenvalue weighted by atomic mass is 79.9. The molecule has 0 aliphatic carbocycles. The highest BCUT2D eigenvalue weighted by molar-refractivity contribution is 9.10. The molecule has 1 saturated heterocycles. The fourth-order valence-electron chi connectivity index (χ4n) is 3.28. The van der Waals surface area contributed by atoms with Crippen LogP contribution in [0.3, 0.4) is 0 Å². The largest absolute Gasteiger partial charge is 0.508 e. The molecule has 5 nitrogen and oxygen atoms in total. The molecule has 3 N–H and O–H groups in total. The first-order chi connectivity index (χ1) is 12.5. The number of amides is 1. The standard InChI is InChI=1S/C20H24BrN3O2/c1-15(16-2-4-17(21)5-3-16)22-20(26)14-23-10-12-24(13-11-23)18-6-8-19(25)9-7-18/h2-9,15,25H,10-14H2,1H3,(H,22,26)/p+1/t15-/m1/s1. The first-order valence-corrected chi connectivity index (χ1v) is 9.73. The van der Waals surface area contributed by atoms with Crippen LogP contribution in [0.2, 0.25) is 0 Å². The summed E-state index contributed by atoms with van der Waals surface area (Å²) < 4.78 is 1.04. The first-order valence-electron chi connectivity index (χ1n) is 8.93. The maximum atomic E-state index is 12.4. The number of hydrogen-bond acceptors (Lipinski definition) is 3. The zero-order valence-corrected chi connectivity index (χ0v) is 16.5. The Bertz CT molecular complexity index is 726. The van der Waals surface area contributed by atoms with Crippen LogP contribution in [0, 0.1) is 0 Å². The number of rotatable bonds is 5. The Hall–Kier alpha value is -2.05. The van der Waals surface area contributed by atoms with E-state index in [2.05, 4.69) is 26.1 Å². The van der Waals surface area contributed by atoms with Crippen LogP contribution in [0.25, 0.3) is 0 Å². The average molecular weight is 419 g/mol. The van der Waals surface area contributed by atoms with Gasteiger partial charge < -0.3 is 20.2 Å². The van der Waals surface area contributed by atoms with Crippen molar-refractivity contribution in [1.82, 2.24) is 5.32 Å². The van der Waals surface area contributed by atoms with Gasteiger partial charge in [-0.25, -0.2) is 0 Å². The molecule has 1 aliphatic rings. The Kier molecular flexibility index (Phi) is 6.16. The van der Waals surface area contributed by atoms with Crippen molar-refractivity contribution in [3.63, 3.8) is 0 Å². The summed E-state index contributed by atoms with van der Waals surface area (Å²) in [6.07, 6.45) is 0. The minimum Gasteiger partial charge on any atom is -0.508 e. The lowest BCUT2D eigenvalue weighted by atomic mass is 10.1. The topological polar surface area (TPSA) is 57.0 Å². The predicted octanol–water partition coefficient (Wildman–Crippen LogP) is 1.74. The smallest absolute Gasteiger partial charge is 0.275 e. The van der Waals surface area contributed by atoms with E-state index in [9.17, 15) is 9.90 Å². The molecular weight excluding hydrogens is 394 g/mol. The molecule has 0 unspecified atom stereocenters. The van der Waals surface area contributed by atoms with E-state index in [0.717, 1.165) is 41.9 Å². The Morgan fingerprint density at radius 3 is 2.38 bits per heavy atom. The van der Waals surface area contributed by atoms with Gasteiger partial charge in [0.15, 0.2) is 6.54 Å². The maximum absolute atomic E-state index is 12.4. The number of hydrogen-bond donors (Lipinski definition) is 3. The van der Waals surface area contributed by atoms with Crippen molar-refractivity contribution in [2.75, 3.05) is 37.6 Å². The fraction of sp³-hybridized carbons (Fsp3) is 0.350. The summed E-state index contributed by atoms with van der Waals surface area (Å²) in [7, 11) is 0. The third-order valence-electron chi connectivity index (χ3n) is 4.84. The molecule has 3 rings (SSSR count). The molecule has 0 radical (unpaired) electrons. The first kappa shape index (κ1) is 18.7. The molecule has 0 bridgehead atoms. The number of phenols is 1. The van der Waals surface area contributed by atoms with Crippen LogP contribution in [0.5, 0.6) is 5.75 Å². The van der Waals surface area contributed by atoms with Crippen LogP contribution < -0.4 is 15.1 Å². The zero-order valence-electron chi connectivity index (χ0n) is 14.9. The number of nitrogens with zero attached hydrogens (tertiary/aromatic N) is 1. The number of phenolic OH excluding ortho intramolecular Hbond substituents is 1. The highest BCUT2D eigenvalue weighted by Gasteiger charge is 2.23. The van der Waals surface area contributed by atoms with Gasteiger partial charge in [0, 0.05) is 10.2 Å². The molecule has 138 valence electrons. The van der Waals surface area contributed by atoms with Crippen molar-refractivity contribution in [2.45, 2.75) is 13.0 Å². The van der Waals surface area contributed by atoms with Gasteiger partial charge in [-0.3, -0.25) is 4.79 Å². The van der Waals surface area contributed by atoms with Crippen LogP contribution in [0.4, 0.5) is 5.69 Å². The van der Waals surface area contributed by atoms with Crippen LogP contribution in [0.15, 0.2) is 53.0 Å². The molecule has 1 heterocycles. The summed E-state index contributed by atoms with van der Waals surface area (Å²) >= 11 is 3.43. The monoisotopic (exact) mass is 418 g/mol. The normalized spacial score (nSPS) is 16.3. The molecule has 2 aromatic carbocycles. The Labute approximate surface area is 162 Å². The molecule has 0 saturated carbocycles. The van der Waals surface area contributed by atoms with Crippen molar-refractivity contribution in [2.24, 2.45) is 0 Å². The number of halogens is 1. The number of aromatic hydroxyl groups is 1. The molecule has 1 fully saturated rings. The van der Waals surface area contributed by atoms with Gasteiger partial charge in [0.1, 0.15) is 5.75 Å². The van der Waals surface area contributed by atoms with Gasteiger partial charge in [0.25, 0.3) is 5.91 Å². The number of anilines is 1. The molecule has 2 aromatic rings. The van der Waals surface area contributed by atoms with Crippen molar-refractivity contribution in [1.29, 1.82) is 0 Å². The number of carbonyl (C=O) groups is 1. The molecule has 26 heavy (non-hydrogen) atoms. The average Bonchev–Trinajstić information content (AvgIpc) is 2.63. The third kappa shape index (κ3) is 4.99. The van der Waals surface area contributed by atoms with Gasteiger partial charge in [0.2, 0.25) is 0 Å². The van der Waals surface area contributed by atoms with Crippen LogP contribution in [-0.4, -0.2) is 43.7 Å². The number of benzene rings is 2. The second-order valence-electron chi connectivity index (χ2n) is 6.77. The van der Waals surface area contributed by atoms with Crippen molar-refractivity contribution < 1.29 is 14.8 Å². The molecule has 1 aliphatic heterocycles. The molecule has 6 heteroatoms. The van der Waals surface area contributed by atoms with Crippen LogP contribution in [0.1, 0.15) is 18.5 Å². The second-order valence-corrected chi connectivity index (χ2v) is 7.69. The third-order valence-corrected chi connectivity index (χ3v) is 5.37. The van der Waals surface area contributed by atoms with E-state index in [0.29, 0.717) is 6.54 Å². The maximum Gasteiger partial charge on any atom is 0.275 e. The van der Waals surface area contributed by atoms with E-state index in [1.165, 1.54) is 4.90 Å². The highest BCUT2D eigenvalue weighted by Crippen LogP contribution is 2.18. The van der Waals surface area contributed by atoms with Crippen molar-refractivity contribution in [3.8, 4) is 5.75 Å². The lowest BCUT2D eigenvalue weighted by Crippen LogP contribution is -3.15. The van der Waals surface area contributed by atoms with Gasteiger partial charge in [-0.1, -0.05) is 28.1 Å². The molecule has 0 aromatic heterocycles. The minimum absolute atomic E-state index is 0.00767. The van der Waals surface area contributed by atoms with E-state index in [-0.39, 0.29) is 17.7 Å². The summed E-state index contributed by atoms with van der Waals surface area (Å²) in [6, 6.07) is 15.3. The number of carbonyl (C=O) groups excluding carboxylic acids is 1. The Morgan fingerprint density at radius 2 is 1.77 bits per heavy atom. The van der Waals surface area contributed by atoms with Gasteiger partial charge in [0.05, 0.1) is 32.2 Å².